The fourth-order valence-corrected chi connectivity index (χ4v) is 3.96. The highest BCUT2D eigenvalue weighted by molar-refractivity contribution is 7.12. The number of rotatable bonds is 4. The molecule has 1 unspecified atom stereocenters. The van der Waals surface area contributed by atoms with Crippen LogP contribution in [0.3, 0.4) is 0 Å². The van der Waals surface area contributed by atoms with Crippen molar-refractivity contribution in [3.05, 3.63) is 46.5 Å². The molecule has 23 heavy (non-hydrogen) atoms. The molecular formula is C17H19N3O2S. The summed E-state index contributed by atoms with van der Waals surface area (Å²) in [7, 11) is 0. The Morgan fingerprint density at radius 2 is 2.17 bits per heavy atom. The first kappa shape index (κ1) is 14.7. The van der Waals surface area contributed by atoms with Crippen LogP contribution in [0.4, 0.5) is 0 Å². The topological polar surface area (TPSA) is 49.1 Å². The van der Waals surface area contributed by atoms with Crippen molar-refractivity contribution in [2.75, 3.05) is 19.6 Å². The Labute approximate surface area is 139 Å². The maximum atomic E-state index is 12.8. The lowest BCUT2D eigenvalue weighted by Gasteiger charge is -2.22. The summed E-state index contributed by atoms with van der Waals surface area (Å²) in [5.41, 5.74) is 0.969. The smallest absolute Gasteiger partial charge is 0.257 e. The van der Waals surface area contributed by atoms with Gasteiger partial charge in [-0.1, -0.05) is 6.07 Å². The fraction of sp³-hybridized carbons (Fsp3) is 0.412. The van der Waals surface area contributed by atoms with E-state index in [0.717, 1.165) is 29.4 Å². The highest BCUT2D eigenvalue weighted by Crippen LogP contribution is 2.34. The van der Waals surface area contributed by atoms with Gasteiger partial charge in [0.05, 0.1) is 23.4 Å². The second-order valence-electron chi connectivity index (χ2n) is 5.98. The van der Waals surface area contributed by atoms with E-state index in [1.807, 2.05) is 23.6 Å². The van der Waals surface area contributed by atoms with Crippen molar-refractivity contribution in [2.45, 2.75) is 25.3 Å². The molecule has 2 aliphatic rings. The number of thiophene rings is 1. The number of amides is 1. The average Bonchev–Trinajstić information content (AvgIpc) is 3.30. The molecule has 0 spiro atoms. The van der Waals surface area contributed by atoms with Gasteiger partial charge in [0.1, 0.15) is 11.8 Å². The average molecular weight is 329 g/mol. The number of furan rings is 1. The summed E-state index contributed by atoms with van der Waals surface area (Å²) in [6.07, 6.45) is 4.72. The standard InChI is InChI=1S/C17H19N3O2S/c21-17(12-19-7-1-2-8-19)20-14(15-5-3-9-22-15)11-13(18-20)16-6-4-10-23-16/h3-6,9-10,14H,1-2,7-8,11-12H2. The summed E-state index contributed by atoms with van der Waals surface area (Å²) in [6.45, 7) is 2.46. The predicted octanol–water partition coefficient (Wildman–Crippen LogP) is 3.11. The molecule has 0 aromatic carbocycles. The number of likely N-dealkylation sites (tertiary alicyclic amines) is 1. The quantitative estimate of drug-likeness (QED) is 0.866. The van der Waals surface area contributed by atoms with Crippen LogP contribution in [0.15, 0.2) is 45.4 Å². The van der Waals surface area contributed by atoms with E-state index in [0.29, 0.717) is 13.0 Å². The van der Waals surface area contributed by atoms with Crippen molar-refractivity contribution >= 4 is 23.0 Å². The van der Waals surface area contributed by atoms with Gasteiger partial charge in [-0.05, 0) is 49.5 Å². The first-order valence-corrected chi connectivity index (χ1v) is 8.88. The van der Waals surface area contributed by atoms with Gasteiger partial charge in [0.2, 0.25) is 0 Å². The van der Waals surface area contributed by atoms with Gasteiger partial charge in [-0.25, -0.2) is 5.01 Å². The minimum absolute atomic E-state index is 0.0554. The van der Waals surface area contributed by atoms with Gasteiger partial charge in [0, 0.05) is 6.42 Å². The van der Waals surface area contributed by atoms with E-state index >= 15 is 0 Å². The minimum Gasteiger partial charge on any atom is -0.467 e. The van der Waals surface area contributed by atoms with Gasteiger partial charge in [-0.3, -0.25) is 9.69 Å². The Balaban J connectivity index is 1.57. The molecule has 0 radical (unpaired) electrons. The number of hydrogen-bond donors (Lipinski definition) is 0. The molecule has 1 atom stereocenters. The SMILES string of the molecule is O=C(CN1CCCC1)N1N=C(c2cccs2)CC1c1ccco1. The summed E-state index contributed by atoms with van der Waals surface area (Å²) >= 11 is 1.66. The first-order valence-electron chi connectivity index (χ1n) is 8.00. The van der Waals surface area contributed by atoms with Gasteiger partial charge < -0.3 is 4.42 Å². The van der Waals surface area contributed by atoms with Crippen molar-refractivity contribution in [1.29, 1.82) is 0 Å². The van der Waals surface area contributed by atoms with Crippen LogP contribution in [0.5, 0.6) is 0 Å². The molecule has 0 N–H and O–H groups in total. The van der Waals surface area contributed by atoms with Crippen LogP contribution in [0.25, 0.3) is 0 Å². The van der Waals surface area contributed by atoms with Crippen molar-refractivity contribution < 1.29 is 9.21 Å². The van der Waals surface area contributed by atoms with Crippen LogP contribution >= 0.6 is 11.3 Å². The molecule has 1 amide bonds. The molecule has 0 saturated carbocycles. The predicted molar refractivity (Wildman–Crippen MR) is 89.4 cm³/mol. The lowest BCUT2D eigenvalue weighted by molar-refractivity contribution is -0.134. The van der Waals surface area contributed by atoms with Crippen molar-refractivity contribution in [2.24, 2.45) is 5.10 Å². The third-order valence-corrected chi connectivity index (χ3v) is 5.32. The van der Waals surface area contributed by atoms with Gasteiger partial charge in [0.25, 0.3) is 5.91 Å². The van der Waals surface area contributed by atoms with E-state index in [1.54, 1.807) is 22.6 Å². The summed E-state index contributed by atoms with van der Waals surface area (Å²) in [6, 6.07) is 7.73. The van der Waals surface area contributed by atoms with Crippen LogP contribution in [0.1, 0.15) is 35.9 Å². The molecule has 6 heteroatoms. The van der Waals surface area contributed by atoms with Crippen molar-refractivity contribution in [3.63, 3.8) is 0 Å². The van der Waals surface area contributed by atoms with Crippen LogP contribution in [-0.4, -0.2) is 41.2 Å². The number of hydrogen-bond acceptors (Lipinski definition) is 5. The highest BCUT2D eigenvalue weighted by Gasteiger charge is 2.35. The zero-order valence-electron chi connectivity index (χ0n) is 12.9. The lowest BCUT2D eigenvalue weighted by atomic mass is 10.1. The molecule has 2 aromatic heterocycles. The zero-order chi connectivity index (χ0) is 15.6. The monoisotopic (exact) mass is 329 g/mol. The Bertz CT molecular complexity index is 688. The largest absolute Gasteiger partial charge is 0.467 e. The lowest BCUT2D eigenvalue weighted by Crippen LogP contribution is -2.36. The minimum atomic E-state index is -0.128. The van der Waals surface area contributed by atoms with Gasteiger partial charge in [0.15, 0.2) is 0 Å². The van der Waals surface area contributed by atoms with Gasteiger partial charge in [-0.15, -0.1) is 11.3 Å². The van der Waals surface area contributed by atoms with Crippen molar-refractivity contribution in [3.8, 4) is 0 Å². The Hall–Kier alpha value is -1.92. The van der Waals surface area contributed by atoms with Gasteiger partial charge in [-0.2, -0.15) is 5.10 Å². The molecule has 2 aliphatic heterocycles. The normalized spacial score (nSPS) is 21.8. The van der Waals surface area contributed by atoms with E-state index in [1.165, 1.54) is 12.8 Å². The Morgan fingerprint density at radius 1 is 1.30 bits per heavy atom. The van der Waals surface area contributed by atoms with Crippen LogP contribution in [0, 0.1) is 0 Å². The molecule has 1 saturated heterocycles. The summed E-state index contributed by atoms with van der Waals surface area (Å²) < 4.78 is 5.56. The number of nitrogens with zero attached hydrogens (tertiary/aromatic N) is 3. The molecule has 2 aromatic rings. The molecule has 1 fully saturated rings. The third-order valence-electron chi connectivity index (χ3n) is 4.40. The van der Waals surface area contributed by atoms with Crippen LogP contribution < -0.4 is 0 Å². The maximum absolute atomic E-state index is 12.8. The molecule has 0 bridgehead atoms. The Kier molecular flexibility index (Phi) is 4.01. The van der Waals surface area contributed by atoms with Crippen LogP contribution in [0.2, 0.25) is 0 Å². The van der Waals surface area contributed by atoms with E-state index < -0.39 is 0 Å². The molecule has 5 nitrogen and oxygen atoms in total. The highest BCUT2D eigenvalue weighted by atomic mass is 32.1. The molecule has 4 rings (SSSR count). The second kappa shape index (κ2) is 6.29. The second-order valence-corrected chi connectivity index (χ2v) is 6.93. The molecular weight excluding hydrogens is 310 g/mol. The molecule has 4 heterocycles. The third kappa shape index (κ3) is 2.96. The van der Waals surface area contributed by atoms with Crippen LogP contribution in [-0.2, 0) is 4.79 Å². The van der Waals surface area contributed by atoms with E-state index in [2.05, 4.69) is 16.1 Å². The van der Waals surface area contributed by atoms with E-state index in [9.17, 15) is 4.79 Å². The molecule has 0 aliphatic carbocycles. The number of hydrazone groups is 1. The first-order chi connectivity index (χ1) is 11.3. The summed E-state index contributed by atoms with van der Waals surface area (Å²) in [5.74, 6) is 0.856. The maximum Gasteiger partial charge on any atom is 0.257 e. The van der Waals surface area contributed by atoms with E-state index in [-0.39, 0.29) is 11.9 Å². The van der Waals surface area contributed by atoms with Crippen molar-refractivity contribution in [1.82, 2.24) is 9.91 Å². The number of carbonyl (C=O) groups excluding carboxylic acids is 1. The van der Waals surface area contributed by atoms with Gasteiger partial charge >= 0.3 is 0 Å². The zero-order valence-corrected chi connectivity index (χ0v) is 13.7. The molecule has 120 valence electrons. The fourth-order valence-electron chi connectivity index (χ4n) is 3.24. The number of carbonyl (C=O) groups is 1. The van der Waals surface area contributed by atoms with E-state index in [4.69, 9.17) is 4.42 Å². The Morgan fingerprint density at radius 3 is 2.87 bits per heavy atom. The summed E-state index contributed by atoms with van der Waals surface area (Å²) in [4.78, 5) is 16.1. The summed E-state index contributed by atoms with van der Waals surface area (Å²) in [5, 5.41) is 8.30.